The third kappa shape index (κ3) is 3.34. The van der Waals surface area contributed by atoms with E-state index in [-0.39, 0.29) is 11.3 Å². The average Bonchev–Trinajstić information content (AvgIpc) is 2.28. The number of primary amides is 1. The lowest BCUT2D eigenvalue weighted by atomic mass is 10.1. The van der Waals surface area contributed by atoms with E-state index in [0.717, 1.165) is 0 Å². The second kappa shape index (κ2) is 6.56. The van der Waals surface area contributed by atoms with Crippen LogP contribution in [0.1, 0.15) is 10.4 Å². The molecule has 0 unspecified atom stereocenters. The number of hydrogen-bond donors (Lipinski definition) is 3. The zero-order valence-electron chi connectivity index (χ0n) is 9.83. The van der Waals surface area contributed by atoms with Gasteiger partial charge in [-0.3, -0.25) is 4.79 Å². The molecule has 0 atom stereocenters. The minimum atomic E-state index is -0.592. The molecule has 7 heteroatoms. The molecule has 100 valence electrons. The molecular formula is C11H16Cl2N4O. The molecule has 0 spiro atoms. The molecule has 5 nitrogen and oxygen atoms in total. The minimum Gasteiger partial charge on any atom is -0.398 e. The number of nitrogens with zero attached hydrogens (tertiary/aromatic N) is 1. The number of carbonyl (C=O) groups is 1. The van der Waals surface area contributed by atoms with Crippen LogP contribution in [0.2, 0.25) is 0 Å². The second-order valence-corrected chi connectivity index (χ2v) is 4.48. The van der Waals surface area contributed by atoms with Crippen molar-refractivity contribution in [2.75, 3.05) is 41.2 Å². The van der Waals surface area contributed by atoms with Crippen molar-refractivity contribution in [3.8, 4) is 0 Å². The van der Waals surface area contributed by atoms with E-state index in [0.29, 0.717) is 36.2 Å². The maximum atomic E-state index is 11.3. The van der Waals surface area contributed by atoms with E-state index in [1.54, 1.807) is 6.07 Å². The Kier molecular flexibility index (Phi) is 5.37. The third-order valence-corrected chi connectivity index (χ3v) is 2.85. The summed E-state index contributed by atoms with van der Waals surface area (Å²) in [6.45, 7) is 1.14. The smallest absolute Gasteiger partial charge is 0.250 e. The zero-order chi connectivity index (χ0) is 13.7. The molecule has 1 rings (SSSR count). The first-order valence-electron chi connectivity index (χ1n) is 5.37. The van der Waals surface area contributed by atoms with Gasteiger partial charge in [0, 0.05) is 30.5 Å². The Morgan fingerprint density at radius 1 is 1.11 bits per heavy atom. The van der Waals surface area contributed by atoms with E-state index in [1.165, 1.54) is 6.07 Å². The Labute approximate surface area is 116 Å². The lowest BCUT2D eigenvalue weighted by Crippen LogP contribution is -2.29. The molecular weight excluding hydrogens is 275 g/mol. The van der Waals surface area contributed by atoms with Crippen LogP contribution in [0.15, 0.2) is 12.1 Å². The normalized spacial score (nSPS) is 10.3. The first-order chi connectivity index (χ1) is 8.51. The predicted octanol–water partition coefficient (Wildman–Crippen LogP) is 1.23. The SMILES string of the molecule is NC(=O)c1cc(N(CCCl)CCCl)c(N)cc1N. The summed E-state index contributed by atoms with van der Waals surface area (Å²) in [6.07, 6.45) is 0. The van der Waals surface area contributed by atoms with Gasteiger partial charge in [-0.1, -0.05) is 0 Å². The number of carbonyl (C=O) groups excluding carboxylic acids is 1. The molecule has 1 amide bonds. The van der Waals surface area contributed by atoms with Gasteiger partial charge in [-0.25, -0.2) is 0 Å². The summed E-state index contributed by atoms with van der Waals surface area (Å²) in [7, 11) is 0. The molecule has 0 saturated carbocycles. The number of anilines is 3. The van der Waals surface area contributed by atoms with Gasteiger partial charge in [-0.15, -0.1) is 23.2 Å². The van der Waals surface area contributed by atoms with E-state index in [1.807, 2.05) is 4.90 Å². The van der Waals surface area contributed by atoms with Gasteiger partial charge in [0.15, 0.2) is 0 Å². The molecule has 1 aromatic rings. The van der Waals surface area contributed by atoms with E-state index in [4.69, 9.17) is 40.4 Å². The van der Waals surface area contributed by atoms with Gasteiger partial charge >= 0.3 is 0 Å². The van der Waals surface area contributed by atoms with Gasteiger partial charge in [0.2, 0.25) is 0 Å². The Morgan fingerprint density at radius 2 is 1.67 bits per heavy atom. The van der Waals surface area contributed by atoms with E-state index in [2.05, 4.69) is 0 Å². The molecule has 0 heterocycles. The van der Waals surface area contributed by atoms with Crippen LogP contribution in [0.4, 0.5) is 17.1 Å². The lowest BCUT2D eigenvalue weighted by Gasteiger charge is -2.25. The van der Waals surface area contributed by atoms with E-state index >= 15 is 0 Å². The average molecular weight is 291 g/mol. The maximum Gasteiger partial charge on any atom is 0.250 e. The van der Waals surface area contributed by atoms with Gasteiger partial charge < -0.3 is 22.1 Å². The van der Waals surface area contributed by atoms with Crippen molar-refractivity contribution in [3.63, 3.8) is 0 Å². The number of amides is 1. The standard InChI is InChI=1S/C11H16Cl2N4O/c12-1-3-17(4-2-13)10-5-7(11(16)18)8(14)6-9(10)15/h5-6H,1-4,14-15H2,(H2,16,18). The highest BCUT2D eigenvalue weighted by Gasteiger charge is 2.14. The van der Waals surface area contributed by atoms with Gasteiger partial charge in [-0.2, -0.15) is 0 Å². The van der Waals surface area contributed by atoms with Gasteiger partial charge in [0.05, 0.1) is 16.9 Å². The van der Waals surface area contributed by atoms with Crippen LogP contribution >= 0.6 is 23.2 Å². The molecule has 0 aromatic heterocycles. The number of hydrogen-bond acceptors (Lipinski definition) is 4. The molecule has 18 heavy (non-hydrogen) atoms. The first kappa shape index (κ1) is 14.7. The number of alkyl halides is 2. The molecule has 0 saturated heterocycles. The van der Waals surface area contributed by atoms with Crippen molar-refractivity contribution < 1.29 is 4.79 Å². The molecule has 0 aliphatic rings. The number of nitrogens with two attached hydrogens (primary N) is 3. The topological polar surface area (TPSA) is 98.4 Å². The highest BCUT2D eigenvalue weighted by molar-refractivity contribution is 6.18. The van der Waals surface area contributed by atoms with Crippen molar-refractivity contribution in [2.24, 2.45) is 5.73 Å². The summed E-state index contributed by atoms with van der Waals surface area (Å²) in [5.41, 5.74) is 18.5. The van der Waals surface area contributed by atoms with Gasteiger partial charge in [-0.05, 0) is 12.1 Å². The molecule has 0 aliphatic carbocycles. The van der Waals surface area contributed by atoms with Crippen molar-refractivity contribution in [1.29, 1.82) is 0 Å². The number of rotatable bonds is 6. The quantitative estimate of drug-likeness (QED) is 0.542. The van der Waals surface area contributed by atoms with Gasteiger partial charge in [0.1, 0.15) is 0 Å². The second-order valence-electron chi connectivity index (χ2n) is 3.73. The minimum absolute atomic E-state index is 0.244. The Bertz CT molecular complexity index is 433. The Balaban J connectivity index is 3.20. The highest BCUT2D eigenvalue weighted by atomic mass is 35.5. The van der Waals surface area contributed by atoms with Crippen LogP contribution in [0, 0.1) is 0 Å². The first-order valence-corrected chi connectivity index (χ1v) is 6.43. The van der Waals surface area contributed by atoms with Gasteiger partial charge in [0.25, 0.3) is 5.91 Å². The lowest BCUT2D eigenvalue weighted by molar-refractivity contribution is 0.100. The number of halogens is 2. The van der Waals surface area contributed by atoms with Crippen LogP contribution in [0.5, 0.6) is 0 Å². The summed E-state index contributed by atoms with van der Waals surface area (Å²) in [5.74, 6) is 0.254. The Hall–Kier alpha value is -1.33. The third-order valence-electron chi connectivity index (χ3n) is 2.51. The van der Waals surface area contributed by atoms with E-state index in [9.17, 15) is 4.79 Å². The van der Waals surface area contributed by atoms with Crippen LogP contribution in [-0.4, -0.2) is 30.8 Å². The highest BCUT2D eigenvalue weighted by Crippen LogP contribution is 2.28. The van der Waals surface area contributed by atoms with E-state index < -0.39 is 5.91 Å². The summed E-state index contributed by atoms with van der Waals surface area (Å²) in [4.78, 5) is 13.1. The molecule has 0 aliphatic heterocycles. The fourth-order valence-corrected chi connectivity index (χ4v) is 2.07. The summed E-state index contributed by atoms with van der Waals surface area (Å²) in [6, 6.07) is 3.09. The molecule has 0 radical (unpaired) electrons. The summed E-state index contributed by atoms with van der Waals surface area (Å²) >= 11 is 11.5. The molecule has 0 bridgehead atoms. The fraction of sp³-hybridized carbons (Fsp3) is 0.364. The number of benzene rings is 1. The summed E-state index contributed by atoms with van der Waals surface area (Å²) in [5, 5.41) is 0. The molecule has 6 N–H and O–H groups in total. The van der Waals surface area contributed by atoms with Crippen molar-refractivity contribution >= 4 is 46.2 Å². The van der Waals surface area contributed by atoms with Crippen LogP contribution in [-0.2, 0) is 0 Å². The van der Waals surface area contributed by atoms with Crippen molar-refractivity contribution in [3.05, 3.63) is 17.7 Å². The largest absolute Gasteiger partial charge is 0.398 e. The number of nitrogen functional groups attached to an aromatic ring is 2. The molecule has 1 aromatic carbocycles. The van der Waals surface area contributed by atoms with Crippen LogP contribution < -0.4 is 22.1 Å². The molecule has 0 fully saturated rings. The van der Waals surface area contributed by atoms with Crippen LogP contribution in [0.3, 0.4) is 0 Å². The van der Waals surface area contributed by atoms with Crippen LogP contribution in [0.25, 0.3) is 0 Å². The van der Waals surface area contributed by atoms with Crippen molar-refractivity contribution in [2.45, 2.75) is 0 Å². The fourth-order valence-electron chi connectivity index (χ4n) is 1.67. The maximum absolute atomic E-state index is 11.3. The zero-order valence-corrected chi connectivity index (χ0v) is 11.3. The summed E-state index contributed by atoms with van der Waals surface area (Å²) < 4.78 is 0. The Morgan fingerprint density at radius 3 is 2.11 bits per heavy atom. The predicted molar refractivity (Wildman–Crippen MR) is 77.4 cm³/mol. The van der Waals surface area contributed by atoms with Crippen molar-refractivity contribution in [1.82, 2.24) is 0 Å². The monoisotopic (exact) mass is 290 g/mol.